The lowest BCUT2D eigenvalue weighted by Gasteiger charge is -2.21. The molecule has 5 heteroatoms. The summed E-state index contributed by atoms with van der Waals surface area (Å²) in [5, 5.41) is 12.4. The molecule has 0 radical (unpaired) electrons. The summed E-state index contributed by atoms with van der Waals surface area (Å²) < 4.78 is 15.9. The minimum Gasteiger partial charge on any atom is -0.493 e. The first-order valence-electron chi connectivity index (χ1n) is 6.24. The van der Waals surface area contributed by atoms with Gasteiger partial charge in [-0.3, -0.25) is 0 Å². The molecule has 0 saturated heterocycles. The van der Waals surface area contributed by atoms with Crippen molar-refractivity contribution in [2.24, 2.45) is 0 Å². The number of nitrogens with one attached hydrogen (secondary N) is 1. The van der Waals surface area contributed by atoms with Gasteiger partial charge in [0, 0.05) is 12.1 Å². The summed E-state index contributed by atoms with van der Waals surface area (Å²) in [6, 6.07) is 3.90. The van der Waals surface area contributed by atoms with Gasteiger partial charge in [0.1, 0.15) is 0 Å². The third-order valence-corrected chi connectivity index (χ3v) is 3.00. The van der Waals surface area contributed by atoms with E-state index in [1.54, 1.807) is 21.3 Å². The van der Waals surface area contributed by atoms with Crippen LogP contribution in [0.25, 0.3) is 0 Å². The molecule has 19 heavy (non-hydrogen) atoms. The van der Waals surface area contributed by atoms with Gasteiger partial charge in [0.2, 0.25) is 5.75 Å². The van der Waals surface area contributed by atoms with E-state index in [1.165, 1.54) is 0 Å². The minimum absolute atomic E-state index is 0.0223. The van der Waals surface area contributed by atoms with Crippen LogP contribution in [0.2, 0.25) is 0 Å². The summed E-state index contributed by atoms with van der Waals surface area (Å²) in [5.74, 6) is 1.83. The first-order chi connectivity index (χ1) is 9.07. The summed E-state index contributed by atoms with van der Waals surface area (Å²) in [6.45, 7) is 4.04. The average molecular weight is 269 g/mol. The Balaban J connectivity index is 3.08. The first kappa shape index (κ1) is 15.6. The molecule has 0 amide bonds. The van der Waals surface area contributed by atoms with E-state index in [2.05, 4.69) is 5.32 Å². The molecule has 1 rings (SSSR count). The molecule has 0 aromatic heterocycles. The fraction of sp³-hybridized carbons (Fsp3) is 0.571. The smallest absolute Gasteiger partial charge is 0.203 e. The number of hydrogen-bond donors (Lipinski definition) is 2. The maximum Gasteiger partial charge on any atom is 0.203 e. The van der Waals surface area contributed by atoms with Crippen LogP contribution in [0.15, 0.2) is 12.1 Å². The van der Waals surface area contributed by atoms with Crippen LogP contribution in [0.5, 0.6) is 17.2 Å². The summed E-state index contributed by atoms with van der Waals surface area (Å²) in [6.07, 6.45) is 0. The molecule has 0 aliphatic rings. The Labute approximate surface area is 114 Å². The van der Waals surface area contributed by atoms with Gasteiger partial charge in [-0.25, -0.2) is 0 Å². The number of aliphatic hydroxyl groups is 1. The van der Waals surface area contributed by atoms with Crippen molar-refractivity contribution < 1.29 is 19.3 Å². The first-order valence-corrected chi connectivity index (χ1v) is 6.24. The number of methoxy groups -OCH3 is 3. The molecule has 1 aromatic rings. The molecule has 108 valence electrons. The molecule has 0 fully saturated rings. The van der Waals surface area contributed by atoms with Gasteiger partial charge in [-0.05, 0) is 31.5 Å². The summed E-state index contributed by atoms with van der Waals surface area (Å²) >= 11 is 0. The van der Waals surface area contributed by atoms with Gasteiger partial charge < -0.3 is 24.6 Å². The molecule has 5 nitrogen and oxygen atoms in total. The molecular formula is C14H23NO4. The fourth-order valence-electron chi connectivity index (χ4n) is 1.93. The number of hydrogen-bond acceptors (Lipinski definition) is 5. The van der Waals surface area contributed by atoms with Crippen molar-refractivity contribution in [3.8, 4) is 17.2 Å². The number of benzene rings is 1. The number of rotatable bonds is 7. The zero-order valence-electron chi connectivity index (χ0n) is 12.2. The van der Waals surface area contributed by atoms with Gasteiger partial charge in [-0.15, -0.1) is 0 Å². The van der Waals surface area contributed by atoms with Crippen molar-refractivity contribution in [1.29, 1.82) is 0 Å². The molecule has 1 aromatic carbocycles. The van der Waals surface area contributed by atoms with Crippen LogP contribution in [0.3, 0.4) is 0 Å². The second kappa shape index (κ2) is 7.21. The van der Waals surface area contributed by atoms with E-state index in [0.29, 0.717) is 17.2 Å². The maximum absolute atomic E-state index is 9.08. The van der Waals surface area contributed by atoms with E-state index < -0.39 is 0 Å². The highest BCUT2D eigenvalue weighted by molar-refractivity contribution is 5.54. The molecule has 0 aliphatic heterocycles. The van der Waals surface area contributed by atoms with Gasteiger partial charge in [0.25, 0.3) is 0 Å². The molecule has 2 atom stereocenters. The van der Waals surface area contributed by atoms with E-state index >= 15 is 0 Å². The molecular weight excluding hydrogens is 246 g/mol. The van der Waals surface area contributed by atoms with E-state index in [-0.39, 0.29) is 18.7 Å². The number of ether oxygens (including phenoxy) is 3. The predicted octanol–water partition coefficient (Wildman–Crippen LogP) is 1.74. The Bertz CT molecular complexity index is 383. The summed E-state index contributed by atoms with van der Waals surface area (Å²) in [4.78, 5) is 0. The maximum atomic E-state index is 9.08. The van der Waals surface area contributed by atoms with Gasteiger partial charge in [0.05, 0.1) is 27.9 Å². The van der Waals surface area contributed by atoms with Gasteiger partial charge in [-0.2, -0.15) is 0 Å². The monoisotopic (exact) mass is 269 g/mol. The lowest BCUT2D eigenvalue weighted by atomic mass is 10.1. The molecule has 0 heterocycles. The van der Waals surface area contributed by atoms with Gasteiger partial charge >= 0.3 is 0 Å². The Morgan fingerprint density at radius 1 is 1.05 bits per heavy atom. The van der Waals surface area contributed by atoms with Crippen LogP contribution in [-0.4, -0.2) is 39.1 Å². The van der Waals surface area contributed by atoms with Crippen molar-refractivity contribution in [2.75, 3.05) is 27.9 Å². The zero-order chi connectivity index (χ0) is 14.4. The van der Waals surface area contributed by atoms with E-state index in [1.807, 2.05) is 26.0 Å². The molecule has 0 aliphatic carbocycles. The van der Waals surface area contributed by atoms with Crippen LogP contribution < -0.4 is 19.5 Å². The predicted molar refractivity (Wildman–Crippen MR) is 74.2 cm³/mol. The van der Waals surface area contributed by atoms with Crippen molar-refractivity contribution in [1.82, 2.24) is 5.32 Å². The number of aliphatic hydroxyl groups excluding tert-OH is 1. The van der Waals surface area contributed by atoms with Crippen molar-refractivity contribution in [3.63, 3.8) is 0 Å². The highest BCUT2D eigenvalue weighted by Gasteiger charge is 2.17. The van der Waals surface area contributed by atoms with E-state index in [4.69, 9.17) is 19.3 Å². The van der Waals surface area contributed by atoms with Gasteiger partial charge in [0.15, 0.2) is 11.5 Å². The molecule has 0 spiro atoms. The Kier molecular flexibility index (Phi) is 5.92. The van der Waals surface area contributed by atoms with Crippen LogP contribution in [0, 0.1) is 0 Å². The Hall–Kier alpha value is -1.46. The standard InChI is InChI=1S/C14H23NO4/c1-9(8-16)15-10(2)11-6-12(17-3)14(19-5)13(7-11)18-4/h6-7,9-10,15-16H,8H2,1-5H3. The van der Waals surface area contributed by atoms with Crippen LogP contribution in [0.4, 0.5) is 0 Å². The normalized spacial score (nSPS) is 13.8. The van der Waals surface area contributed by atoms with Crippen LogP contribution in [-0.2, 0) is 0 Å². The SMILES string of the molecule is COc1cc(C(C)NC(C)CO)cc(OC)c1OC. The molecule has 0 bridgehead atoms. The molecule has 2 unspecified atom stereocenters. The van der Waals surface area contributed by atoms with Crippen molar-refractivity contribution in [3.05, 3.63) is 17.7 Å². The Morgan fingerprint density at radius 3 is 1.95 bits per heavy atom. The zero-order valence-corrected chi connectivity index (χ0v) is 12.2. The molecule has 0 saturated carbocycles. The highest BCUT2D eigenvalue weighted by atomic mass is 16.5. The topological polar surface area (TPSA) is 60.0 Å². The quantitative estimate of drug-likeness (QED) is 0.789. The second-order valence-electron chi connectivity index (χ2n) is 4.43. The largest absolute Gasteiger partial charge is 0.493 e. The van der Waals surface area contributed by atoms with Gasteiger partial charge in [-0.1, -0.05) is 0 Å². The van der Waals surface area contributed by atoms with Crippen LogP contribution >= 0.6 is 0 Å². The lowest BCUT2D eigenvalue weighted by Crippen LogP contribution is -2.31. The average Bonchev–Trinajstić information content (AvgIpc) is 2.44. The minimum atomic E-state index is 0.0223. The summed E-state index contributed by atoms with van der Waals surface area (Å²) in [7, 11) is 4.76. The summed E-state index contributed by atoms with van der Waals surface area (Å²) in [5.41, 5.74) is 1.01. The highest BCUT2D eigenvalue weighted by Crippen LogP contribution is 2.39. The Morgan fingerprint density at radius 2 is 1.58 bits per heavy atom. The van der Waals surface area contributed by atoms with E-state index in [9.17, 15) is 0 Å². The third kappa shape index (κ3) is 3.75. The van der Waals surface area contributed by atoms with E-state index in [0.717, 1.165) is 5.56 Å². The van der Waals surface area contributed by atoms with Crippen molar-refractivity contribution >= 4 is 0 Å². The molecule has 2 N–H and O–H groups in total. The second-order valence-corrected chi connectivity index (χ2v) is 4.43. The fourth-order valence-corrected chi connectivity index (χ4v) is 1.93. The van der Waals surface area contributed by atoms with Crippen molar-refractivity contribution in [2.45, 2.75) is 25.9 Å². The van der Waals surface area contributed by atoms with Crippen LogP contribution in [0.1, 0.15) is 25.5 Å². The third-order valence-electron chi connectivity index (χ3n) is 3.00. The lowest BCUT2D eigenvalue weighted by molar-refractivity contribution is 0.243.